The molecule has 0 bridgehead atoms. The van der Waals surface area contributed by atoms with Gasteiger partial charge in [0.1, 0.15) is 0 Å². The molecule has 0 unspecified atom stereocenters. The number of hydrogen-bond acceptors (Lipinski definition) is 1. The molecule has 1 heteroatoms. The Balaban J connectivity index is 1.95. The summed E-state index contributed by atoms with van der Waals surface area (Å²) in [6, 6.07) is 19.2. The van der Waals surface area contributed by atoms with E-state index in [4.69, 9.17) is 0 Å². The molecule has 0 N–H and O–H groups in total. The maximum atomic E-state index is 4.59. The summed E-state index contributed by atoms with van der Waals surface area (Å²) < 4.78 is 0. The van der Waals surface area contributed by atoms with Gasteiger partial charge in [0.15, 0.2) is 0 Å². The second kappa shape index (κ2) is 6.15. The number of rotatable bonds is 4. The van der Waals surface area contributed by atoms with Crippen LogP contribution in [0.5, 0.6) is 0 Å². The highest BCUT2D eigenvalue weighted by molar-refractivity contribution is 5.79. The quantitative estimate of drug-likeness (QED) is 0.711. The van der Waals surface area contributed by atoms with Gasteiger partial charge in [-0.25, -0.2) is 0 Å². The van der Waals surface area contributed by atoms with Crippen molar-refractivity contribution in [2.45, 2.75) is 26.3 Å². The van der Waals surface area contributed by atoms with E-state index in [1.165, 1.54) is 16.7 Å². The zero-order valence-corrected chi connectivity index (χ0v) is 11.0. The van der Waals surface area contributed by atoms with Crippen LogP contribution < -0.4 is 0 Å². The summed E-state index contributed by atoms with van der Waals surface area (Å²) >= 11 is 0. The molecule has 92 valence electrons. The van der Waals surface area contributed by atoms with Crippen LogP contribution in [-0.2, 0) is 6.42 Å². The van der Waals surface area contributed by atoms with Gasteiger partial charge in [-0.15, -0.1) is 0 Å². The lowest BCUT2D eigenvalue weighted by Gasteiger charge is -2.05. The van der Waals surface area contributed by atoms with Crippen molar-refractivity contribution in [3.63, 3.8) is 0 Å². The minimum atomic E-state index is 0.314. The summed E-state index contributed by atoms with van der Waals surface area (Å²) in [7, 11) is 0. The van der Waals surface area contributed by atoms with Gasteiger partial charge in [0.2, 0.25) is 0 Å². The van der Waals surface area contributed by atoms with Crippen LogP contribution in [0.15, 0.2) is 59.6 Å². The predicted octanol–water partition coefficient (Wildman–Crippen LogP) is 4.05. The lowest BCUT2D eigenvalue weighted by atomic mass is 10.1. The van der Waals surface area contributed by atoms with Crippen molar-refractivity contribution < 1.29 is 0 Å². The summed E-state index contributed by atoms with van der Waals surface area (Å²) in [4.78, 5) is 4.59. The topological polar surface area (TPSA) is 12.4 Å². The molecule has 18 heavy (non-hydrogen) atoms. The smallest absolute Gasteiger partial charge is 0.0511 e. The van der Waals surface area contributed by atoms with Gasteiger partial charge in [-0.3, -0.25) is 4.99 Å². The normalized spacial score (nSPS) is 12.8. The van der Waals surface area contributed by atoms with E-state index in [1.54, 1.807) is 0 Å². The first-order valence-electron chi connectivity index (χ1n) is 6.38. The molecule has 0 aliphatic rings. The van der Waals surface area contributed by atoms with Crippen LogP contribution in [0.3, 0.4) is 0 Å². The van der Waals surface area contributed by atoms with Gasteiger partial charge < -0.3 is 0 Å². The first-order valence-corrected chi connectivity index (χ1v) is 6.38. The molecule has 0 amide bonds. The predicted molar refractivity (Wildman–Crippen MR) is 78.4 cm³/mol. The number of aryl methyl sites for hydroxylation is 1. The Hall–Kier alpha value is -1.89. The molecule has 0 saturated heterocycles. The minimum Gasteiger partial charge on any atom is -0.289 e. The maximum Gasteiger partial charge on any atom is 0.0511 e. The summed E-state index contributed by atoms with van der Waals surface area (Å²) in [6.45, 7) is 4.25. The van der Waals surface area contributed by atoms with Gasteiger partial charge in [-0.05, 0) is 31.4 Å². The number of hydrogen-bond donors (Lipinski definition) is 0. The molecule has 0 fully saturated rings. The third kappa shape index (κ3) is 3.85. The molecular formula is C17H19N. The van der Waals surface area contributed by atoms with E-state index in [1.807, 2.05) is 12.3 Å². The molecule has 2 rings (SSSR count). The van der Waals surface area contributed by atoms with E-state index in [9.17, 15) is 0 Å². The second-order valence-electron chi connectivity index (χ2n) is 4.73. The van der Waals surface area contributed by atoms with Gasteiger partial charge in [-0.2, -0.15) is 0 Å². The molecule has 1 atom stereocenters. The van der Waals surface area contributed by atoms with E-state index in [0.29, 0.717) is 6.04 Å². The number of aliphatic imine (C=N–C) groups is 1. The highest BCUT2D eigenvalue weighted by atomic mass is 14.7. The van der Waals surface area contributed by atoms with Gasteiger partial charge in [0.05, 0.1) is 6.04 Å². The molecule has 0 aliphatic carbocycles. The SMILES string of the molecule is Cc1ccc(C=N[C@@H](C)Cc2ccccc2)cc1. The number of nitrogens with zero attached hydrogens (tertiary/aromatic N) is 1. The molecule has 0 spiro atoms. The Morgan fingerprint density at radius 3 is 2.33 bits per heavy atom. The van der Waals surface area contributed by atoms with Crippen LogP contribution in [0, 0.1) is 6.92 Å². The molecule has 0 aliphatic heterocycles. The van der Waals surface area contributed by atoms with Crippen LogP contribution in [-0.4, -0.2) is 12.3 Å². The van der Waals surface area contributed by atoms with Crippen LogP contribution in [0.2, 0.25) is 0 Å². The summed E-state index contributed by atoms with van der Waals surface area (Å²) in [5.41, 5.74) is 3.79. The minimum absolute atomic E-state index is 0.314. The molecule has 2 aromatic carbocycles. The van der Waals surface area contributed by atoms with Crippen LogP contribution in [0.1, 0.15) is 23.6 Å². The van der Waals surface area contributed by atoms with E-state index < -0.39 is 0 Å². The largest absolute Gasteiger partial charge is 0.289 e. The van der Waals surface area contributed by atoms with Crippen molar-refractivity contribution in [3.05, 3.63) is 71.3 Å². The molecule has 0 aromatic heterocycles. The van der Waals surface area contributed by atoms with Crippen molar-refractivity contribution in [2.24, 2.45) is 4.99 Å². The van der Waals surface area contributed by atoms with Crippen molar-refractivity contribution in [1.82, 2.24) is 0 Å². The van der Waals surface area contributed by atoms with Gasteiger partial charge in [0.25, 0.3) is 0 Å². The first-order chi connectivity index (χ1) is 8.74. The average molecular weight is 237 g/mol. The lowest BCUT2D eigenvalue weighted by Crippen LogP contribution is -2.03. The highest BCUT2D eigenvalue weighted by Gasteiger charge is 1.99. The van der Waals surface area contributed by atoms with E-state index >= 15 is 0 Å². The van der Waals surface area contributed by atoms with E-state index in [-0.39, 0.29) is 0 Å². The molecule has 2 aromatic rings. The zero-order valence-electron chi connectivity index (χ0n) is 11.0. The molecule has 0 heterocycles. The summed E-state index contributed by atoms with van der Waals surface area (Å²) in [5, 5.41) is 0. The molecule has 0 radical (unpaired) electrons. The monoisotopic (exact) mass is 237 g/mol. The third-order valence-electron chi connectivity index (χ3n) is 2.93. The summed E-state index contributed by atoms with van der Waals surface area (Å²) in [6.07, 6.45) is 2.95. The third-order valence-corrected chi connectivity index (χ3v) is 2.93. The lowest BCUT2D eigenvalue weighted by molar-refractivity contribution is 0.744. The summed E-state index contributed by atoms with van der Waals surface area (Å²) in [5.74, 6) is 0. The molecular weight excluding hydrogens is 218 g/mol. The Bertz CT molecular complexity index is 497. The van der Waals surface area contributed by atoms with Gasteiger partial charge >= 0.3 is 0 Å². The fourth-order valence-electron chi connectivity index (χ4n) is 1.87. The van der Waals surface area contributed by atoms with Crippen molar-refractivity contribution >= 4 is 6.21 Å². The zero-order chi connectivity index (χ0) is 12.8. The second-order valence-corrected chi connectivity index (χ2v) is 4.73. The van der Waals surface area contributed by atoms with E-state index in [2.05, 4.69) is 67.4 Å². The van der Waals surface area contributed by atoms with Crippen LogP contribution in [0.25, 0.3) is 0 Å². The van der Waals surface area contributed by atoms with Crippen molar-refractivity contribution in [1.29, 1.82) is 0 Å². The Morgan fingerprint density at radius 2 is 1.67 bits per heavy atom. The molecule has 0 saturated carbocycles. The van der Waals surface area contributed by atoms with E-state index in [0.717, 1.165) is 6.42 Å². The first kappa shape index (κ1) is 12.6. The van der Waals surface area contributed by atoms with Crippen LogP contribution in [0.4, 0.5) is 0 Å². The Morgan fingerprint density at radius 1 is 1.00 bits per heavy atom. The average Bonchev–Trinajstić information content (AvgIpc) is 2.39. The number of benzene rings is 2. The fourth-order valence-corrected chi connectivity index (χ4v) is 1.87. The van der Waals surface area contributed by atoms with Crippen molar-refractivity contribution in [2.75, 3.05) is 0 Å². The Kier molecular flexibility index (Phi) is 4.30. The standard InChI is InChI=1S/C17H19N/c1-14-8-10-17(11-9-14)13-18-15(2)12-16-6-4-3-5-7-16/h3-11,13,15H,12H2,1-2H3/t15-/m0/s1. The van der Waals surface area contributed by atoms with Crippen LogP contribution >= 0.6 is 0 Å². The molecule has 1 nitrogen and oxygen atoms in total. The fraction of sp³-hybridized carbons (Fsp3) is 0.235. The Labute approximate surface area is 109 Å². The van der Waals surface area contributed by atoms with Crippen molar-refractivity contribution in [3.8, 4) is 0 Å². The van der Waals surface area contributed by atoms with Gasteiger partial charge in [0, 0.05) is 6.21 Å². The maximum absolute atomic E-state index is 4.59. The van der Waals surface area contributed by atoms with Gasteiger partial charge in [-0.1, -0.05) is 60.2 Å². The highest BCUT2D eigenvalue weighted by Crippen LogP contribution is 2.06.